The van der Waals surface area contributed by atoms with Gasteiger partial charge in [-0.05, 0) is 36.8 Å². The number of benzene rings is 1. The van der Waals surface area contributed by atoms with Crippen molar-refractivity contribution in [3.63, 3.8) is 0 Å². The van der Waals surface area contributed by atoms with Gasteiger partial charge >= 0.3 is 5.97 Å². The monoisotopic (exact) mass is 333 g/mol. The van der Waals surface area contributed by atoms with Gasteiger partial charge in [-0.15, -0.1) is 0 Å². The molecule has 2 rings (SSSR count). The van der Waals surface area contributed by atoms with Crippen molar-refractivity contribution in [1.82, 2.24) is 5.32 Å². The van der Waals surface area contributed by atoms with Crippen molar-refractivity contribution in [2.24, 2.45) is 5.41 Å². The van der Waals surface area contributed by atoms with Gasteiger partial charge in [-0.1, -0.05) is 37.6 Å². The second-order valence-corrected chi connectivity index (χ2v) is 6.57. The molecule has 24 heavy (non-hydrogen) atoms. The molecule has 1 saturated heterocycles. The van der Waals surface area contributed by atoms with E-state index in [9.17, 15) is 14.7 Å². The largest absolute Gasteiger partial charge is 0.481 e. The zero-order valence-electron chi connectivity index (χ0n) is 14.3. The van der Waals surface area contributed by atoms with Crippen molar-refractivity contribution in [2.75, 3.05) is 19.8 Å². The number of ether oxygens (including phenoxy) is 1. The first kappa shape index (κ1) is 18.5. The van der Waals surface area contributed by atoms with Crippen LogP contribution in [-0.4, -0.2) is 36.7 Å². The number of rotatable bonds is 8. The Bertz CT molecular complexity index is 547. The lowest BCUT2D eigenvalue weighted by molar-refractivity contribution is -0.154. The molecule has 0 saturated carbocycles. The summed E-state index contributed by atoms with van der Waals surface area (Å²) >= 11 is 0. The van der Waals surface area contributed by atoms with E-state index < -0.39 is 11.4 Å². The standard InChI is InChI=1S/C19H27NO4/c1-2-3-4-15-5-7-16(8-6-15)13-17(21)20-14-19(18(22)23)9-11-24-12-10-19/h5-8H,2-4,9-14H2,1H3,(H,20,21)(H,22,23). The summed E-state index contributed by atoms with van der Waals surface area (Å²) in [7, 11) is 0. The fourth-order valence-electron chi connectivity index (χ4n) is 2.95. The van der Waals surface area contributed by atoms with Crippen molar-refractivity contribution >= 4 is 11.9 Å². The Morgan fingerprint density at radius 3 is 2.38 bits per heavy atom. The topological polar surface area (TPSA) is 75.6 Å². The van der Waals surface area contributed by atoms with Crippen LogP contribution in [-0.2, 0) is 27.2 Å². The predicted molar refractivity (Wildman–Crippen MR) is 91.9 cm³/mol. The molecular weight excluding hydrogens is 306 g/mol. The second-order valence-electron chi connectivity index (χ2n) is 6.57. The summed E-state index contributed by atoms with van der Waals surface area (Å²) in [6, 6.07) is 8.09. The molecule has 1 aromatic carbocycles. The molecule has 1 amide bonds. The number of unbranched alkanes of at least 4 members (excludes halogenated alkanes) is 1. The predicted octanol–water partition coefficient (Wildman–Crippen LogP) is 2.57. The van der Waals surface area contributed by atoms with Crippen LogP contribution in [0.4, 0.5) is 0 Å². The lowest BCUT2D eigenvalue weighted by Gasteiger charge is -2.33. The van der Waals surface area contributed by atoms with Crippen molar-refractivity contribution in [3.05, 3.63) is 35.4 Å². The molecule has 5 nitrogen and oxygen atoms in total. The normalized spacial score (nSPS) is 16.5. The molecule has 2 N–H and O–H groups in total. The van der Waals surface area contributed by atoms with Crippen LogP contribution < -0.4 is 5.32 Å². The summed E-state index contributed by atoms with van der Waals surface area (Å²) in [4.78, 5) is 23.7. The Balaban J connectivity index is 1.85. The molecule has 0 spiro atoms. The second kappa shape index (κ2) is 8.83. The van der Waals surface area contributed by atoms with Crippen molar-refractivity contribution < 1.29 is 19.4 Å². The maximum Gasteiger partial charge on any atom is 0.311 e. The third-order valence-corrected chi connectivity index (χ3v) is 4.73. The number of carbonyl (C=O) groups is 2. The maximum atomic E-state index is 12.1. The highest BCUT2D eigenvalue weighted by atomic mass is 16.5. The number of nitrogens with one attached hydrogen (secondary N) is 1. The van der Waals surface area contributed by atoms with Gasteiger partial charge in [0.05, 0.1) is 11.8 Å². The first-order valence-corrected chi connectivity index (χ1v) is 8.71. The molecule has 0 unspecified atom stereocenters. The summed E-state index contributed by atoms with van der Waals surface area (Å²) in [5, 5.41) is 12.3. The van der Waals surface area contributed by atoms with Crippen LogP contribution in [0.2, 0.25) is 0 Å². The average Bonchev–Trinajstić information content (AvgIpc) is 2.60. The average molecular weight is 333 g/mol. The van der Waals surface area contributed by atoms with Crippen LogP contribution in [0.3, 0.4) is 0 Å². The number of carboxylic acids is 1. The zero-order valence-corrected chi connectivity index (χ0v) is 14.3. The maximum absolute atomic E-state index is 12.1. The number of hydrogen-bond acceptors (Lipinski definition) is 3. The van der Waals surface area contributed by atoms with Crippen molar-refractivity contribution in [3.8, 4) is 0 Å². The van der Waals surface area contributed by atoms with Gasteiger partial charge in [-0.2, -0.15) is 0 Å². The van der Waals surface area contributed by atoms with E-state index in [1.54, 1.807) is 0 Å². The van der Waals surface area contributed by atoms with Gasteiger partial charge in [0, 0.05) is 19.8 Å². The molecule has 1 heterocycles. The third kappa shape index (κ3) is 5.06. The van der Waals surface area contributed by atoms with Gasteiger partial charge < -0.3 is 15.2 Å². The summed E-state index contributed by atoms with van der Waals surface area (Å²) in [5.41, 5.74) is 1.34. The van der Waals surface area contributed by atoms with Crippen LogP contribution >= 0.6 is 0 Å². The highest BCUT2D eigenvalue weighted by Crippen LogP contribution is 2.30. The Morgan fingerprint density at radius 2 is 1.79 bits per heavy atom. The van der Waals surface area contributed by atoms with E-state index in [4.69, 9.17) is 4.74 Å². The van der Waals surface area contributed by atoms with E-state index >= 15 is 0 Å². The first-order chi connectivity index (χ1) is 11.6. The molecule has 1 fully saturated rings. The molecule has 0 aromatic heterocycles. The minimum atomic E-state index is -0.891. The number of carboxylic acid groups (broad SMARTS) is 1. The number of hydrogen-bond donors (Lipinski definition) is 2. The highest BCUT2D eigenvalue weighted by molar-refractivity contribution is 5.80. The molecule has 0 aliphatic carbocycles. The number of aliphatic carboxylic acids is 1. The molecule has 1 aromatic rings. The number of carbonyl (C=O) groups excluding carboxylic acids is 1. The van der Waals surface area contributed by atoms with E-state index in [0.717, 1.165) is 12.0 Å². The fraction of sp³-hybridized carbons (Fsp3) is 0.579. The van der Waals surface area contributed by atoms with Gasteiger partial charge in [-0.25, -0.2) is 0 Å². The lowest BCUT2D eigenvalue weighted by atomic mass is 9.80. The zero-order chi connectivity index (χ0) is 17.4. The Morgan fingerprint density at radius 1 is 1.17 bits per heavy atom. The molecule has 0 bridgehead atoms. The summed E-state index contributed by atoms with van der Waals surface area (Å²) in [5.74, 6) is -0.991. The van der Waals surface area contributed by atoms with Crippen LogP contribution in [0.25, 0.3) is 0 Å². The van der Waals surface area contributed by atoms with Crippen molar-refractivity contribution in [2.45, 2.75) is 45.4 Å². The van der Waals surface area contributed by atoms with Crippen molar-refractivity contribution in [1.29, 1.82) is 0 Å². The molecule has 1 aliphatic heterocycles. The number of aryl methyl sites for hydroxylation is 1. The van der Waals surface area contributed by atoms with Crippen LogP contribution in [0, 0.1) is 5.41 Å². The fourth-order valence-corrected chi connectivity index (χ4v) is 2.95. The van der Waals surface area contributed by atoms with E-state index in [0.29, 0.717) is 26.1 Å². The quantitative estimate of drug-likeness (QED) is 0.767. The van der Waals surface area contributed by atoms with E-state index in [1.165, 1.54) is 18.4 Å². The lowest BCUT2D eigenvalue weighted by Crippen LogP contribution is -2.46. The SMILES string of the molecule is CCCCc1ccc(CC(=O)NCC2(C(=O)O)CCOCC2)cc1. The van der Waals surface area contributed by atoms with Gasteiger partial charge in [0.1, 0.15) is 0 Å². The summed E-state index contributed by atoms with van der Waals surface area (Å²) < 4.78 is 5.24. The van der Waals surface area contributed by atoms with Gasteiger partial charge in [-0.3, -0.25) is 9.59 Å². The minimum Gasteiger partial charge on any atom is -0.481 e. The van der Waals surface area contributed by atoms with Crippen LogP contribution in [0.15, 0.2) is 24.3 Å². The van der Waals surface area contributed by atoms with E-state index in [-0.39, 0.29) is 18.9 Å². The smallest absolute Gasteiger partial charge is 0.311 e. The molecular formula is C19H27NO4. The highest BCUT2D eigenvalue weighted by Gasteiger charge is 2.40. The molecule has 132 valence electrons. The van der Waals surface area contributed by atoms with Gasteiger partial charge in [0.25, 0.3) is 0 Å². The van der Waals surface area contributed by atoms with Gasteiger partial charge in [0.2, 0.25) is 5.91 Å². The van der Waals surface area contributed by atoms with Gasteiger partial charge in [0.15, 0.2) is 0 Å². The summed E-state index contributed by atoms with van der Waals surface area (Å²) in [6.07, 6.45) is 4.55. The van der Waals surface area contributed by atoms with E-state index in [2.05, 4.69) is 24.4 Å². The first-order valence-electron chi connectivity index (χ1n) is 8.71. The Labute approximate surface area is 143 Å². The summed E-state index contributed by atoms with van der Waals surface area (Å²) in [6.45, 7) is 3.20. The third-order valence-electron chi connectivity index (χ3n) is 4.73. The minimum absolute atomic E-state index is 0.136. The molecule has 0 radical (unpaired) electrons. The van der Waals surface area contributed by atoms with Crippen LogP contribution in [0.1, 0.15) is 43.7 Å². The number of amides is 1. The molecule has 5 heteroatoms. The van der Waals surface area contributed by atoms with Crippen LogP contribution in [0.5, 0.6) is 0 Å². The Hall–Kier alpha value is -1.88. The molecule has 1 aliphatic rings. The van der Waals surface area contributed by atoms with E-state index in [1.807, 2.05) is 12.1 Å². The molecule has 0 atom stereocenters. The Kier molecular flexibility index (Phi) is 6.79.